The predicted octanol–water partition coefficient (Wildman–Crippen LogP) is 14.9. The lowest BCUT2D eigenvalue weighted by Crippen LogP contribution is -1.89. The van der Waals surface area contributed by atoms with Gasteiger partial charge in [0.2, 0.25) is 0 Å². The SMILES string of the molecule is c1ccc(-c2cc3ccccc3c3ccccc23)c(-c2ccc3ccc(-c4ccc5c(c4)oc4cc(-c6ccc7ccccc7c6)ccc45)cc3c2)c1. The van der Waals surface area contributed by atoms with Gasteiger partial charge in [-0.25, -0.2) is 0 Å². The van der Waals surface area contributed by atoms with E-state index in [1.807, 2.05) is 0 Å². The second kappa shape index (κ2) is 11.8. The number of hydrogen-bond acceptors (Lipinski definition) is 1. The van der Waals surface area contributed by atoms with Gasteiger partial charge in [0, 0.05) is 10.8 Å². The van der Waals surface area contributed by atoms with E-state index in [4.69, 9.17) is 4.42 Å². The third-order valence-corrected chi connectivity index (χ3v) is 11.0. The van der Waals surface area contributed by atoms with Gasteiger partial charge in [-0.15, -0.1) is 0 Å². The van der Waals surface area contributed by atoms with E-state index in [1.54, 1.807) is 0 Å². The Balaban J connectivity index is 0.982. The highest BCUT2D eigenvalue weighted by Gasteiger charge is 2.14. The van der Waals surface area contributed by atoms with Gasteiger partial charge in [0.25, 0.3) is 0 Å². The fourth-order valence-electron chi connectivity index (χ4n) is 8.35. The summed E-state index contributed by atoms with van der Waals surface area (Å²) in [4.78, 5) is 0. The standard InChI is InChI=1S/C52H32O/c1-2-10-35-27-36(20-17-33(35)9-1)38-23-25-48-49-26-24-39(32-52(49)53-51(48)31-38)37-21-18-34-19-22-41(29-42(34)28-37)44-13-5-6-15-46(44)50-30-40-11-3-4-12-43(40)45-14-7-8-16-47(45)50/h1-32H. The van der Waals surface area contributed by atoms with E-state index >= 15 is 0 Å². The third kappa shape index (κ3) is 4.93. The first kappa shape index (κ1) is 29.7. The van der Waals surface area contributed by atoms with Crippen molar-refractivity contribution in [3.8, 4) is 44.5 Å². The van der Waals surface area contributed by atoms with Gasteiger partial charge >= 0.3 is 0 Å². The predicted molar refractivity (Wildman–Crippen MR) is 225 cm³/mol. The number of benzene rings is 10. The van der Waals surface area contributed by atoms with Crippen molar-refractivity contribution >= 4 is 65.0 Å². The Hall–Kier alpha value is -6.96. The molecule has 1 aromatic heterocycles. The summed E-state index contributed by atoms with van der Waals surface area (Å²) in [6, 6.07) is 70.6. The molecule has 1 heteroatoms. The van der Waals surface area contributed by atoms with Gasteiger partial charge in [0.1, 0.15) is 11.2 Å². The molecule has 0 saturated carbocycles. The molecule has 0 unspecified atom stereocenters. The molecule has 0 N–H and O–H groups in total. The fourth-order valence-corrected chi connectivity index (χ4v) is 8.35. The molecule has 0 aliphatic rings. The van der Waals surface area contributed by atoms with Gasteiger partial charge in [-0.2, -0.15) is 0 Å². The molecule has 0 spiro atoms. The molecule has 0 amide bonds. The molecule has 53 heavy (non-hydrogen) atoms. The minimum atomic E-state index is 0.901. The van der Waals surface area contributed by atoms with Crippen LogP contribution >= 0.6 is 0 Å². The molecule has 0 radical (unpaired) electrons. The van der Waals surface area contributed by atoms with Gasteiger partial charge < -0.3 is 4.42 Å². The fraction of sp³-hybridized carbons (Fsp3) is 0. The summed E-state index contributed by atoms with van der Waals surface area (Å²) in [6.07, 6.45) is 0. The van der Waals surface area contributed by atoms with Gasteiger partial charge in [0.05, 0.1) is 0 Å². The maximum atomic E-state index is 6.54. The van der Waals surface area contributed by atoms with Crippen LogP contribution in [0.3, 0.4) is 0 Å². The molecule has 1 heterocycles. The second-order valence-electron chi connectivity index (χ2n) is 14.1. The van der Waals surface area contributed by atoms with Crippen LogP contribution in [0.1, 0.15) is 0 Å². The molecular formula is C52H32O. The van der Waals surface area contributed by atoms with Crippen molar-refractivity contribution in [1.82, 2.24) is 0 Å². The normalized spacial score (nSPS) is 11.8. The van der Waals surface area contributed by atoms with E-state index in [0.717, 1.165) is 33.1 Å². The van der Waals surface area contributed by atoms with Crippen LogP contribution in [0.5, 0.6) is 0 Å². The van der Waals surface area contributed by atoms with E-state index in [0.29, 0.717) is 0 Å². The molecule has 0 saturated heterocycles. The van der Waals surface area contributed by atoms with Gasteiger partial charge in [-0.3, -0.25) is 0 Å². The molecule has 0 fully saturated rings. The van der Waals surface area contributed by atoms with Crippen LogP contribution in [-0.4, -0.2) is 0 Å². The summed E-state index contributed by atoms with van der Waals surface area (Å²) >= 11 is 0. The van der Waals surface area contributed by atoms with E-state index < -0.39 is 0 Å². The van der Waals surface area contributed by atoms with Crippen molar-refractivity contribution in [2.75, 3.05) is 0 Å². The molecule has 0 aliphatic heterocycles. The lowest BCUT2D eigenvalue weighted by atomic mass is 9.88. The van der Waals surface area contributed by atoms with Gasteiger partial charge in [-0.1, -0.05) is 146 Å². The van der Waals surface area contributed by atoms with Crippen LogP contribution in [0, 0.1) is 0 Å². The zero-order valence-electron chi connectivity index (χ0n) is 28.9. The molecule has 10 aromatic carbocycles. The molecule has 246 valence electrons. The van der Waals surface area contributed by atoms with Crippen molar-refractivity contribution in [1.29, 1.82) is 0 Å². The number of rotatable bonds is 4. The minimum absolute atomic E-state index is 0.901. The monoisotopic (exact) mass is 672 g/mol. The Labute approximate surface area is 307 Å². The molecule has 0 atom stereocenters. The Morgan fingerprint density at radius 3 is 1.42 bits per heavy atom. The third-order valence-electron chi connectivity index (χ3n) is 11.0. The zero-order chi connectivity index (χ0) is 34.9. The summed E-state index contributed by atoms with van der Waals surface area (Å²) in [5.41, 5.74) is 11.4. The maximum absolute atomic E-state index is 6.54. The van der Waals surface area contributed by atoms with Crippen LogP contribution in [0.4, 0.5) is 0 Å². The van der Waals surface area contributed by atoms with E-state index in [9.17, 15) is 0 Å². The Bertz CT molecular complexity index is 3230. The summed E-state index contributed by atoms with van der Waals surface area (Å²) in [7, 11) is 0. The highest BCUT2D eigenvalue weighted by molar-refractivity contribution is 6.15. The van der Waals surface area contributed by atoms with E-state index in [-0.39, 0.29) is 0 Å². The summed E-state index contributed by atoms with van der Waals surface area (Å²) in [5, 5.41) is 12.3. The molecular weight excluding hydrogens is 641 g/mol. The van der Waals surface area contributed by atoms with Crippen molar-refractivity contribution in [3.63, 3.8) is 0 Å². The largest absolute Gasteiger partial charge is 0.456 e. The highest BCUT2D eigenvalue weighted by atomic mass is 16.3. The first-order valence-electron chi connectivity index (χ1n) is 18.2. The second-order valence-corrected chi connectivity index (χ2v) is 14.1. The average Bonchev–Trinajstić information content (AvgIpc) is 3.60. The Kier molecular flexibility index (Phi) is 6.62. The van der Waals surface area contributed by atoms with Gasteiger partial charge in [0.15, 0.2) is 0 Å². The molecule has 1 nitrogen and oxygen atoms in total. The van der Waals surface area contributed by atoms with Crippen LogP contribution in [-0.2, 0) is 0 Å². The van der Waals surface area contributed by atoms with Crippen molar-refractivity contribution in [3.05, 3.63) is 194 Å². The zero-order valence-corrected chi connectivity index (χ0v) is 28.9. The Morgan fingerprint density at radius 2 is 0.698 bits per heavy atom. The summed E-state index contributed by atoms with van der Waals surface area (Å²) < 4.78 is 6.54. The average molecular weight is 673 g/mol. The quantitative estimate of drug-likeness (QED) is 0.170. The number of furan rings is 1. The lowest BCUT2D eigenvalue weighted by molar-refractivity contribution is 0.669. The highest BCUT2D eigenvalue weighted by Crippen LogP contribution is 2.41. The number of fused-ring (bicyclic) bond motifs is 8. The molecule has 11 aromatic rings. The summed E-state index contributed by atoms with van der Waals surface area (Å²) in [6.45, 7) is 0. The topological polar surface area (TPSA) is 13.1 Å². The van der Waals surface area contributed by atoms with Crippen LogP contribution in [0.2, 0.25) is 0 Å². The van der Waals surface area contributed by atoms with Gasteiger partial charge in [-0.05, 0) is 136 Å². The van der Waals surface area contributed by atoms with Crippen LogP contribution in [0.25, 0.3) is 110 Å². The van der Waals surface area contributed by atoms with E-state index in [2.05, 4.69) is 194 Å². The first-order chi connectivity index (χ1) is 26.2. The lowest BCUT2D eigenvalue weighted by Gasteiger charge is -2.15. The summed E-state index contributed by atoms with van der Waals surface area (Å²) in [5.74, 6) is 0. The van der Waals surface area contributed by atoms with E-state index in [1.165, 1.54) is 76.5 Å². The molecule has 11 rings (SSSR count). The van der Waals surface area contributed by atoms with Crippen LogP contribution in [0.15, 0.2) is 199 Å². The molecule has 0 aliphatic carbocycles. The smallest absolute Gasteiger partial charge is 0.136 e. The van der Waals surface area contributed by atoms with Crippen molar-refractivity contribution < 1.29 is 4.42 Å². The first-order valence-corrected chi connectivity index (χ1v) is 18.2. The Morgan fingerprint density at radius 1 is 0.226 bits per heavy atom. The number of hydrogen-bond donors (Lipinski definition) is 0. The van der Waals surface area contributed by atoms with Crippen molar-refractivity contribution in [2.24, 2.45) is 0 Å². The molecule has 0 bridgehead atoms. The van der Waals surface area contributed by atoms with Crippen molar-refractivity contribution in [2.45, 2.75) is 0 Å². The minimum Gasteiger partial charge on any atom is -0.456 e. The maximum Gasteiger partial charge on any atom is 0.136 e. The van der Waals surface area contributed by atoms with Crippen LogP contribution < -0.4 is 0 Å².